The summed E-state index contributed by atoms with van der Waals surface area (Å²) in [6.45, 7) is 9.20. The van der Waals surface area contributed by atoms with E-state index < -0.39 is 0 Å². The van der Waals surface area contributed by atoms with E-state index >= 15 is 0 Å². The van der Waals surface area contributed by atoms with Gasteiger partial charge >= 0.3 is 0 Å². The maximum Gasteiger partial charge on any atom is 0.0944 e. The highest BCUT2D eigenvalue weighted by molar-refractivity contribution is 5.56. The van der Waals surface area contributed by atoms with Crippen molar-refractivity contribution in [3.05, 3.63) is 48.8 Å². The van der Waals surface area contributed by atoms with Gasteiger partial charge in [-0.3, -0.25) is 0 Å². The van der Waals surface area contributed by atoms with Crippen molar-refractivity contribution < 1.29 is 0 Å². The molecule has 1 heterocycles. The summed E-state index contributed by atoms with van der Waals surface area (Å²) in [5, 5.41) is 0. The van der Waals surface area contributed by atoms with E-state index in [0.29, 0.717) is 6.04 Å². The summed E-state index contributed by atoms with van der Waals surface area (Å²) in [6.07, 6.45) is 7.37. The van der Waals surface area contributed by atoms with Crippen LogP contribution in [0.1, 0.15) is 25.8 Å². The zero-order valence-corrected chi connectivity index (χ0v) is 10.6. The molecule has 90 valence electrons. The largest absolute Gasteiger partial charge is 0.356 e. The van der Waals surface area contributed by atoms with E-state index in [1.54, 1.807) is 0 Å². The molecule has 2 rings (SSSR count). The second-order valence-electron chi connectivity index (χ2n) is 4.48. The van der Waals surface area contributed by atoms with Gasteiger partial charge in [0.15, 0.2) is 0 Å². The van der Waals surface area contributed by atoms with Gasteiger partial charge in [-0.1, -0.05) is 31.7 Å². The minimum absolute atomic E-state index is 0.601. The van der Waals surface area contributed by atoms with Crippen LogP contribution in [0.5, 0.6) is 0 Å². The molecular weight excluding hydrogens is 208 g/mol. The summed E-state index contributed by atoms with van der Waals surface area (Å²) in [7, 11) is 0. The molecule has 0 radical (unpaired) electrons. The van der Waals surface area contributed by atoms with Crippen molar-refractivity contribution >= 4 is 11.8 Å². The average Bonchev–Trinajstić information content (AvgIpc) is 2.87. The Balaban J connectivity index is 2.05. The van der Waals surface area contributed by atoms with Crippen molar-refractivity contribution in [2.45, 2.75) is 26.3 Å². The molecule has 1 atom stereocenters. The Hall–Kier alpha value is -1.70. The minimum Gasteiger partial charge on any atom is -0.356 e. The predicted octanol–water partition coefficient (Wildman–Crippen LogP) is 3.68. The molecule has 0 aromatic heterocycles. The van der Waals surface area contributed by atoms with Crippen LogP contribution in [0.4, 0.5) is 5.69 Å². The van der Waals surface area contributed by atoms with Crippen LogP contribution in [0.2, 0.25) is 0 Å². The molecule has 1 aromatic carbocycles. The van der Waals surface area contributed by atoms with E-state index in [1.165, 1.54) is 12.1 Å². The van der Waals surface area contributed by atoms with Gasteiger partial charge in [0.25, 0.3) is 0 Å². The number of anilines is 1. The van der Waals surface area contributed by atoms with Crippen molar-refractivity contribution in [1.29, 1.82) is 0 Å². The molecule has 0 N–H and O–H groups in total. The average molecular weight is 228 g/mol. The maximum atomic E-state index is 3.77. The van der Waals surface area contributed by atoms with Gasteiger partial charge in [-0.05, 0) is 31.0 Å². The lowest BCUT2D eigenvalue weighted by molar-refractivity contribution is 0.309. The Bertz CT molecular complexity index is 405. The highest BCUT2D eigenvalue weighted by Gasteiger charge is 2.17. The Labute approximate surface area is 104 Å². The van der Waals surface area contributed by atoms with E-state index in [-0.39, 0.29) is 0 Å². The van der Waals surface area contributed by atoms with Crippen LogP contribution in [0.25, 0.3) is 6.08 Å². The lowest BCUT2D eigenvalue weighted by Gasteiger charge is -2.26. The van der Waals surface area contributed by atoms with Crippen molar-refractivity contribution in [2.24, 2.45) is 0 Å². The predicted molar refractivity (Wildman–Crippen MR) is 74.6 cm³/mol. The van der Waals surface area contributed by atoms with Crippen LogP contribution < -0.4 is 4.90 Å². The smallest absolute Gasteiger partial charge is 0.0944 e. The zero-order chi connectivity index (χ0) is 12.3. The van der Waals surface area contributed by atoms with Crippen LogP contribution in [-0.4, -0.2) is 17.6 Å². The molecule has 2 heteroatoms. The molecule has 0 saturated heterocycles. The Morgan fingerprint density at radius 2 is 2.00 bits per heavy atom. The van der Waals surface area contributed by atoms with Gasteiger partial charge in [-0.2, -0.15) is 0 Å². The number of benzene rings is 1. The molecule has 0 fully saturated rings. The molecule has 1 unspecified atom stereocenters. The van der Waals surface area contributed by atoms with Crippen molar-refractivity contribution in [3.8, 4) is 0 Å². The van der Waals surface area contributed by atoms with Crippen molar-refractivity contribution in [2.75, 3.05) is 11.6 Å². The summed E-state index contributed by atoms with van der Waals surface area (Å²) in [4.78, 5) is 4.63. The minimum atomic E-state index is 0.601. The first-order valence-electron chi connectivity index (χ1n) is 6.17. The van der Waals surface area contributed by atoms with E-state index in [2.05, 4.69) is 66.9 Å². The summed E-state index contributed by atoms with van der Waals surface area (Å²) >= 11 is 0. The first kappa shape index (κ1) is 11.8. The van der Waals surface area contributed by atoms with Gasteiger partial charge in [0, 0.05) is 24.1 Å². The number of hydrogen-bond acceptors (Lipinski definition) is 2. The summed E-state index contributed by atoms with van der Waals surface area (Å²) < 4.78 is 0. The monoisotopic (exact) mass is 228 g/mol. The van der Waals surface area contributed by atoms with Gasteiger partial charge in [-0.25, -0.2) is 0 Å². The highest BCUT2D eigenvalue weighted by Crippen LogP contribution is 2.21. The Morgan fingerprint density at radius 3 is 2.59 bits per heavy atom. The molecule has 0 saturated carbocycles. The van der Waals surface area contributed by atoms with Crippen LogP contribution >= 0.6 is 0 Å². The zero-order valence-electron chi connectivity index (χ0n) is 10.6. The first-order chi connectivity index (χ1) is 8.24. The summed E-state index contributed by atoms with van der Waals surface area (Å²) in [5.41, 5.74) is 2.40. The third-order valence-corrected chi connectivity index (χ3v) is 3.37. The number of rotatable bonds is 4. The van der Waals surface area contributed by atoms with E-state index in [9.17, 15) is 0 Å². The van der Waals surface area contributed by atoms with E-state index in [0.717, 1.165) is 12.2 Å². The molecule has 1 aliphatic heterocycles. The second-order valence-corrected chi connectivity index (χ2v) is 4.48. The quantitative estimate of drug-likeness (QED) is 0.775. The topological polar surface area (TPSA) is 6.48 Å². The van der Waals surface area contributed by atoms with Crippen LogP contribution in [-0.2, 0) is 0 Å². The van der Waals surface area contributed by atoms with Gasteiger partial charge in [0.05, 0.1) is 6.67 Å². The van der Waals surface area contributed by atoms with Crippen LogP contribution in [0.15, 0.2) is 43.2 Å². The highest BCUT2D eigenvalue weighted by atomic mass is 15.3. The first-order valence-corrected chi connectivity index (χ1v) is 6.17. The molecule has 0 spiro atoms. The molecule has 0 aliphatic carbocycles. The lowest BCUT2D eigenvalue weighted by Crippen LogP contribution is -2.31. The third kappa shape index (κ3) is 2.52. The molecule has 1 aromatic rings. The fourth-order valence-electron chi connectivity index (χ4n) is 1.93. The maximum absolute atomic E-state index is 3.77. The molecule has 0 amide bonds. The molecule has 1 aliphatic rings. The van der Waals surface area contributed by atoms with E-state index in [1.807, 2.05) is 6.08 Å². The van der Waals surface area contributed by atoms with Gasteiger partial charge in [-0.15, -0.1) is 0 Å². The Morgan fingerprint density at radius 1 is 1.29 bits per heavy atom. The van der Waals surface area contributed by atoms with Gasteiger partial charge in [0.2, 0.25) is 0 Å². The van der Waals surface area contributed by atoms with Crippen molar-refractivity contribution in [1.82, 2.24) is 4.90 Å². The molecule has 2 nitrogen and oxygen atoms in total. The molecular formula is C15H20N2. The summed E-state index contributed by atoms with van der Waals surface area (Å²) in [6, 6.07) is 9.08. The second kappa shape index (κ2) is 5.09. The molecule has 0 bridgehead atoms. The van der Waals surface area contributed by atoms with Crippen LogP contribution in [0.3, 0.4) is 0 Å². The third-order valence-electron chi connectivity index (χ3n) is 3.37. The van der Waals surface area contributed by atoms with Crippen LogP contribution in [0, 0.1) is 0 Å². The number of nitrogens with zero attached hydrogens (tertiary/aromatic N) is 2. The van der Waals surface area contributed by atoms with Gasteiger partial charge in [0.1, 0.15) is 0 Å². The van der Waals surface area contributed by atoms with Gasteiger partial charge < -0.3 is 9.80 Å². The fourth-order valence-corrected chi connectivity index (χ4v) is 1.93. The normalized spacial score (nSPS) is 16.4. The molecule has 17 heavy (non-hydrogen) atoms. The number of hydrogen-bond donors (Lipinski definition) is 0. The Kier molecular flexibility index (Phi) is 3.52. The standard InChI is InChI=1S/C15H20N2/c1-4-13(3)16-10-11-17(12-16)15-8-6-14(5-2)7-9-15/h5-11,13H,2,4,12H2,1,3H3. The SMILES string of the molecule is C=Cc1ccc(N2C=CN(C(C)CC)C2)cc1. The van der Waals surface area contributed by atoms with E-state index in [4.69, 9.17) is 0 Å². The van der Waals surface area contributed by atoms with Crippen molar-refractivity contribution in [3.63, 3.8) is 0 Å². The fraction of sp³-hybridized carbons (Fsp3) is 0.333. The summed E-state index contributed by atoms with van der Waals surface area (Å²) in [5.74, 6) is 0. The lowest BCUT2D eigenvalue weighted by atomic mass is 10.2.